The average molecular weight is 490 g/mol. The second-order valence-electron chi connectivity index (χ2n) is 7.85. The second-order valence-corrected chi connectivity index (χ2v) is 10.3. The van der Waals surface area contributed by atoms with E-state index >= 15 is 0 Å². The molecule has 1 fully saturated rings. The number of ketones is 1. The fraction of sp³-hybridized carbons (Fsp3) is 0.455. The number of methoxy groups -OCH3 is 1. The molecule has 0 aliphatic carbocycles. The molecule has 12 heteroatoms. The van der Waals surface area contributed by atoms with E-state index in [9.17, 15) is 14.5 Å². The van der Waals surface area contributed by atoms with Crippen LogP contribution in [0, 0.1) is 0 Å². The van der Waals surface area contributed by atoms with Crippen LogP contribution in [0.3, 0.4) is 0 Å². The van der Waals surface area contributed by atoms with Crippen molar-refractivity contribution in [3.8, 4) is 0 Å². The number of fused-ring (bicyclic) bond motifs is 1. The van der Waals surface area contributed by atoms with E-state index in [0.29, 0.717) is 22.4 Å². The minimum Gasteiger partial charge on any atom is -0.386 e. The molecular weight excluding hydrogens is 463 g/mol. The van der Waals surface area contributed by atoms with Gasteiger partial charge in [-0.15, -0.1) is 0 Å². The Hall–Kier alpha value is -2.53. The van der Waals surface area contributed by atoms with Gasteiger partial charge in [-0.2, -0.15) is 0 Å². The van der Waals surface area contributed by atoms with Crippen molar-refractivity contribution in [3.05, 3.63) is 54.2 Å². The summed E-state index contributed by atoms with van der Waals surface area (Å²) in [5.74, 6) is -0.0903. The van der Waals surface area contributed by atoms with Gasteiger partial charge in [-0.25, -0.2) is 15.0 Å². The Morgan fingerprint density at radius 1 is 1.15 bits per heavy atom. The molecule has 1 saturated heterocycles. The molecule has 0 radical (unpaired) electrons. The number of benzene rings is 1. The predicted molar refractivity (Wildman–Crippen MR) is 122 cm³/mol. The number of rotatable bonds is 10. The Bertz CT molecular complexity index is 1180. The van der Waals surface area contributed by atoms with Crippen LogP contribution in [-0.2, 0) is 29.5 Å². The number of aliphatic hydroxyl groups is 1. The van der Waals surface area contributed by atoms with Crippen LogP contribution in [0.1, 0.15) is 28.7 Å². The van der Waals surface area contributed by atoms with Crippen molar-refractivity contribution >= 4 is 24.5 Å². The molecule has 2 aromatic heterocycles. The normalized spacial score (nSPS) is 22.9. The van der Waals surface area contributed by atoms with Gasteiger partial charge in [-0.05, 0) is 6.42 Å². The SMILES string of the molecule is CO[C@H]1[C@@H](O)[C@H](n2cnc3c(CC(=O)c4ccccc4)ncnc32)O[C@@H]1CCP(=O)(OC)OC. The van der Waals surface area contributed by atoms with E-state index < -0.39 is 32.1 Å². The lowest BCUT2D eigenvalue weighted by Crippen LogP contribution is -2.34. The van der Waals surface area contributed by atoms with Gasteiger partial charge >= 0.3 is 7.60 Å². The highest BCUT2D eigenvalue weighted by Gasteiger charge is 2.46. The molecule has 1 N–H and O–H groups in total. The lowest BCUT2D eigenvalue weighted by Gasteiger charge is -2.20. The number of carbonyl (C=O) groups is 1. The summed E-state index contributed by atoms with van der Waals surface area (Å²) in [7, 11) is 0.873. The third-order valence-electron chi connectivity index (χ3n) is 5.96. The fourth-order valence-electron chi connectivity index (χ4n) is 4.11. The first-order valence-corrected chi connectivity index (χ1v) is 12.4. The van der Waals surface area contributed by atoms with Crippen LogP contribution in [0.5, 0.6) is 0 Å². The van der Waals surface area contributed by atoms with Gasteiger partial charge in [-0.3, -0.25) is 13.9 Å². The Morgan fingerprint density at radius 3 is 2.56 bits per heavy atom. The summed E-state index contributed by atoms with van der Waals surface area (Å²) in [6, 6.07) is 8.95. The second kappa shape index (κ2) is 10.4. The molecule has 3 aromatic rings. The molecular formula is C22H27N4O7P. The minimum atomic E-state index is -3.24. The first-order chi connectivity index (χ1) is 16.4. The molecule has 0 spiro atoms. The highest BCUT2D eigenvalue weighted by Crippen LogP contribution is 2.48. The summed E-state index contributed by atoms with van der Waals surface area (Å²) < 4.78 is 35.6. The van der Waals surface area contributed by atoms with E-state index in [-0.39, 0.29) is 24.8 Å². The third kappa shape index (κ3) is 4.81. The predicted octanol–water partition coefficient (Wildman–Crippen LogP) is 2.40. The van der Waals surface area contributed by atoms with Crippen LogP contribution in [0.25, 0.3) is 11.2 Å². The van der Waals surface area contributed by atoms with Crippen LogP contribution in [0.2, 0.25) is 0 Å². The molecule has 11 nitrogen and oxygen atoms in total. The molecule has 4 atom stereocenters. The zero-order chi connectivity index (χ0) is 24.3. The minimum absolute atomic E-state index is 0.0563. The van der Waals surface area contributed by atoms with Crippen LogP contribution in [0.4, 0.5) is 0 Å². The van der Waals surface area contributed by atoms with Crippen molar-refractivity contribution in [1.29, 1.82) is 0 Å². The monoisotopic (exact) mass is 490 g/mol. The first-order valence-electron chi connectivity index (χ1n) is 10.7. The van der Waals surface area contributed by atoms with Crippen molar-refractivity contribution in [1.82, 2.24) is 19.5 Å². The van der Waals surface area contributed by atoms with E-state index in [1.54, 1.807) is 28.8 Å². The standard InChI is InChI=1S/C22H27N4O7P/c1-30-20-17(9-10-34(29,31-2)32-3)33-22(19(20)28)26-13-25-18-15(23-12-24-21(18)26)11-16(27)14-7-5-4-6-8-14/h4-8,12-13,17,19-20,22,28H,9-11H2,1-3H3/t17-,19-,20-,22-/m1/s1. The van der Waals surface area contributed by atoms with Gasteiger partial charge < -0.3 is 23.6 Å². The highest BCUT2D eigenvalue weighted by molar-refractivity contribution is 7.53. The van der Waals surface area contributed by atoms with Crippen molar-refractivity contribution in [2.75, 3.05) is 27.5 Å². The highest BCUT2D eigenvalue weighted by atomic mass is 31.2. The fourth-order valence-corrected chi connectivity index (χ4v) is 5.19. The van der Waals surface area contributed by atoms with Crippen LogP contribution in [-0.4, -0.2) is 76.2 Å². The summed E-state index contributed by atoms with van der Waals surface area (Å²) in [6.07, 6.45) is 0.153. The van der Waals surface area contributed by atoms with Crippen molar-refractivity contribution in [2.24, 2.45) is 0 Å². The van der Waals surface area contributed by atoms with Gasteiger partial charge in [0.15, 0.2) is 17.7 Å². The molecule has 0 amide bonds. The summed E-state index contributed by atoms with van der Waals surface area (Å²) in [4.78, 5) is 25.7. The molecule has 3 heterocycles. The number of imidazole rings is 1. The van der Waals surface area contributed by atoms with Gasteiger partial charge in [0, 0.05) is 26.9 Å². The summed E-state index contributed by atoms with van der Waals surface area (Å²) in [5.41, 5.74) is 1.93. The van der Waals surface area contributed by atoms with Gasteiger partial charge in [0.25, 0.3) is 0 Å². The maximum Gasteiger partial charge on any atom is 0.330 e. The number of ether oxygens (including phenoxy) is 2. The van der Waals surface area contributed by atoms with E-state index in [1.165, 1.54) is 34.0 Å². The summed E-state index contributed by atoms with van der Waals surface area (Å²) in [6.45, 7) is 0. The number of nitrogens with zero attached hydrogens (tertiary/aromatic N) is 4. The maximum atomic E-state index is 12.7. The van der Waals surface area contributed by atoms with E-state index in [0.717, 1.165) is 0 Å². The number of hydrogen-bond donors (Lipinski definition) is 1. The molecule has 1 aromatic carbocycles. The van der Waals surface area contributed by atoms with Crippen molar-refractivity contribution in [3.63, 3.8) is 0 Å². The molecule has 0 unspecified atom stereocenters. The molecule has 182 valence electrons. The van der Waals surface area contributed by atoms with Crippen LogP contribution >= 0.6 is 7.60 Å². The first kappa shape index (κ1) is 24.6. The maximum absolute atomic E-state index is 12.7. The van der Waals surface area contributed by atoms with Gasteiger partial charge in [0.05, 0.1) is 30.7 Å². The van der Waals surface area contributed by atoms with Gasteiger partial charge in [-0.1, -0.05) is 30.3 Å². The molecule has 1 aliphatic rings. The van der Waals surface area contributed by atoms with Gasteiger partial charge in [0.2, 0.25) is 0 Å². The number of Topliss-reactive ketones (excluding diaryl/α,β-unsaturated/α-hetero) is 1. The molecule has 0 saturated carbocycles. The Labute approximate surface area is 196 Å². The Morgan fingerprint density at radius 2 is 1.88 bits per heavy atom. The summed E-state index contributed by atoms with van der Waals surface area (Å²) >= 11 is 0. The Balaban J connectivity index is 1.57. The molecule has 1 aliphatic heterocycles. The van der Waals surface area contributed by atoms with Crippen molar-refractivity contribution < 1.29 is 33.0 Å². The van der Waals surface area contributed by atoms with E-state index in [1.807, 2.05) is 6.07 Å². The number of hydrogen-bond acceptors (Lipinski definition) is 10. The molecule has 4 rings (SSSR count). The zero-order valence-corrected chi connectivity index (χ0v) is 20.0. The average Bonchev–Trinajstić information content (AvgIpc) is 3.44. The quantitative estimate of drug-likeness (QED) is 0.333. The number of aromatic nitrogens is 4. The third-order valence-corrected chi connectivity index (χ3v) is 7.88. The van der Waals surface area contributed by atoms with Crippen molar-refractivity contribution in [2.45, 2.75) is 37.4 Å². The zero-order valence-electron chi connectivity index (χ0n) is 19.1. The number of carbonyl (C=O) groups excluding carboxylic acids is 1. The molecule has 0 bridgehead atoms. The Kier molecular flexibility index (Phi) is 7.51. The van der Waals surface area contributed by atoms with Crippen LogP contribution in [0.15, 0.2) is 43.0 Å². The number of aliphatic hydroxyl groups excluding tert-OH is 1. The lowest BCUT2D eigenvalue weighted by molar-refractivity contribution is -0.0357. The smallest absolute Gasteiger partial charge is 0.330 e. The van der Waals surface area contributed by atoms with Crippen LogP contribution < -0.4 is 0 Å². The van der Waals surface area contributed by atoms with E-state index in [2.05, 4.69) is 15.0 Å². The lowest BCUT2D eigenvalue weighted by atomic mass is 10.1. The summed E-state index contributed by atoms with van der Waals surface area (Å²) in [5, 5.41) is 10.9. The largest absolute Gasteiger partial charge is 0.386 e. The topological polar surface area (TPSA) is 135 Å². The van der Waals surface area contributed by atoms with E-state index in [4.69, 9.17) is 18.5 Å². The molecule has 34 heavy (non-hydrogen) atoms. The van der Waals surface area contributed by atoms with Gasteiger partial charge in [0.1, 0.15) is 24.1 Å².